The van der Waals surface area contributed by atoms with Gasteiger partial charge in [-0.1, -0.05) is 0 Å². The third-order valence-electron chi connectivity index (χ3n) is 1.23. The second kappa shape index (κ2) is 3.99. The van der Waals surface area contributed by atoms with E-state index >= 15 is 0 Å². The summed E-state index contributed by atoms with van der Waals surface area (Å²) >= 11 is 0. The molecule has 0 radical (unpaired) electrons. The average Bonchev–Trinajstić information content (AvgIpc) is 1.82. The summed E-state index contributed by atoms with van der Waals surface area (Å²) in [6, 6.07) is 0. The first-order chi connectivity index (χ1) is 4.87. The van der Waals surface area contributed by atoms with Gasteiger partial charge in [-0.2, -0.15) is 0 Å². The van der Waals surface area contributed by atoms with E-state index in [1.807, 2.05) is 0 Å². The molecule has 0 aliphatic rings. The Morgan fingerprint density at radius 3 is 1.91 bits per heavy atom. The second-order valence-electron chi connectivity index (χ2n) is 2.74. The van der Waals surface area contributed by atoms with Crippen molar-refractivity contribution in [1.29, 1.82) is 0 Å². The highest BCUT2D eigenvalue weighted by Gasteiger charge is 2.25. The molecular formula is C6H14O5. The lowest BCUT2D eigenvalue weighted by Gasteiger charge is -2.22. The normalized spacial score (nSPS) is 18.0. The Morgan fingerprint density at radius 1 is 1.18 bits per heavy atom. The molecule has 0 aromatic heterocycles. The predicted molar refractivity (Wildman–Crippen MR) is 36.6 cm³/mol. The highest BCUT2D eigenvalue weighted by Crippen LogP contribution is 2.10. The van der Waals surface area contributed by atoms with Gasteiger partial charge in [0.15, 0.2) is 5.79 Å². The molecule has 0 aliphatic heterocycles. The number of hydrogen-bond acceptors (Lipinski definition) is 5. The molecule has 0 spiro atoms. The molecule has 0 aliphatic carbocycles. The first kappa shape index (κ1) is 10.8. The van der Waals surface area contributed by atoms with Crippen LogP contribution >= 0.6 is 0 Å². The molecule has 11 heavy (non-hydrogen) atoms. The van der Waals surface area contributed by atoms with Gasteiger partial charge in [-0.25, -0.2) is 0 Å². The van der Waals surface area contributed by atoms with Crippen LogP contribution in [0, 0.1) is 0 Å². The molecule has 68 valence electrons. The Labute approximate surface area is 64.5 Å². The van der Waals surface area contributed by atoms with Crippen LogP contribution in [0.4, 0.5) is 0 Å². The van der Waals surface area contributed by atoms with E-state index in [4.69, 9.17) is 25.5 Å². The van der Waals surface area contributed by atoms with Crippen LogP contribution < -0.4 is 0 Å². The van der Waals surface area contributed by atoms with E-state index in [0.29, 0.717) is 0 Å². The van der Waals surface area contributed by atoms with E-state index in [1.165, 1.54) is 0 Å². The summed E-state index contributed by atoms with van der Waals surface area (Å²) in [5, 5.41) is 43.5. The zero-order chi connectivity index (χ0) is 9.07. The van der Waals surface area contributed by atoms with Gasteiger partial charge in [0, 0.05) is 6.42 Å². The highest BCUT2D eigenvalue weighted by molar-refractivity contribution is 4.71. The average molecular weight is 166 g/mol. The van der Waals surface area contributed by atoms with E-state index in [2.05, 4.69) is 0 Å². The third kappa shape index (κ3) is 5.11. The Hall–Kier alpha value is -0.200. The van der Waals surface area contributed by atoms with Crippen LogP contribution in [0.1, 0.15) is 13.3 Å². The number of aliphatic hydroxyl groups is 5. The van der Waals surface area contributed by atoms with Crippen LogP contribution in [-0.4, -0.2) is 50.1 Å². The van der Waals surface area contributed by atoms with Gasteiger partial charge in [0.2, 0.25) is 0 Å². The Balaban J connectivity index is 3.77. The fourth-order valence-corrected chi connectivity index (χ4v) is 0.654. The fourth-order valence-electron chi connectivity index (χ4n) is 0.654. The zero-order valence-electron chi connectivity index (χ0n) is 6.30. The summed E-state index contributed by atoms with van der Waals surface area (Å²) in [7, 11) is 0. The lowest BCUT2D eigenvalue weighted by Crippen LogP contribution is -2.37. The summed E-state index contributed by atoms with van der Waals surface area (Å²) in [6.45, 7) is 0.484. The van der Waals surface area contributed by atoms with Gasteiger partial charge in [0.05, 0.1) is 12.7 Å². The summed E-state index contributed by atoms with van der Waals surface area (Å²) in [6.07, 6.45) is -3.04. The SMILES string of the molecule is CC(O)(O)CC(O)C(O)CO. The van der Waals surface area contributed by atoms with Crippen LogP contribution in [0.2, 0.25) is 0 Å². The fraction of sp³-hybridized carbons (Fsp3) is 1.00. The molecule has 2 atom stereocenters. The molecule has 0 amide bonds. The van der Waals surface area contributed by atoms with Gasteiger partial charge in [-0.05, 0) is 6.92 Å². The molecule has 0 saturated carbocycles. The van der Waals surface area contributed by atoms with Crippen LogP contribution in [-0.2, 0) is 0 Å². The van der Waals surface area contributed by atoms with Crippen molar-refractivity contribution < 1.29 is 25.5 Å². The summed E-state index contributed by atoms with van der Waals surface area (Å²) in [4.78, 5) is 0. The predicted octanol–water partition coefficient (Wildman–Crippen LogP) is -2.21. The second-order valence-corrected chi connectivity index (χ2v) is 2.74. The Morgan fingerprint density at radius 2 is 1.64 bits per heavy atom. The molecule has 5 N–H and O–H groups in total. The van der Waals surface area contributed by atoms with Gasteiger partial charge < -0.3 is 25.5 Å². The van der Waals surface area contributed by atoms with Crippen LogP contribution in [0.15, 0.2) is 0 Å². The van der Waals surface area contributed by atoms with Gasteiger partial charge in [-0.3, -0.25) is 0 Å². The number of aliphatic hydroxyl groups excluding tert-OH is 3. The van der Waals surface area contributed by atoms with Gasteiger partial charge in [0.25, 0.3) is 0 Å². The number of rotatable bonds is 4. The van der Waals surface area contributed by atoms with Gasteiger partial charge in [-0.15, -0.1) is 0 Å². The van der Waals surface area contributed by atoms with Crippen molar-refractivity contribution >= 4 is 0 Å². The Kier molecular flexibility index (Phi) is 3.91. The van der Waals surface area contributed by atoms with Crippen molar-refractivity contribution in [2.24, 2.45) is 0 Å². The largest absolute Gasteiger partial charge is 0.394 e. The molecule has 5 heteroatoms. The molecule has 0 bridgehead atoms. The molecule has 2 unspecified atom stereocenters. The maximum atomic E-state index is 8.92. The molecule has 0 rings (SSSR count). The van der Waals surface area contributed by atoms with Crippen LogP contribution in [0.5, 0.6) is 0 Å². The quantitative estimate of drug-likeness (QED) is 0.305. The van der Waals surface area contributed by atoms with Gasteiger partial charge >= 0.3 is 0 Å². The maximum absolute atomic E-state index is 8.92. The summed E-state index contributed by atoms with van der Waals surface area (Å²) in [5.41, 5.74) is 0. The molecule has 0 aromatic carbocycles. The van der Waals surface area contributed by atoms with Crippen molar-refractivity contribution in [3.8, 4) is 0 Å². The van der Waals surface area contributed by atoms with Crippen molar-refractivity contribution in [3.05, 3.63) is 0 Å². The first-order valence-corrected chi connectivity index (χ1v) is 3.28. The molecule has 0 heterocycles. The standard InChI is InChI=1S/C6H14O5/c1-6(10,11)2-4(8)5(9)3-7/h4-5,7-11H,2-3H2,1H3. The van der Waals surface area contributed by atoms with E-state index in [0.717, 1.165) is 6.92 Å². The third-order valence-corrected chi connectivity index (χ3v) is 1.23. The van der Waals surface area contributed by atoms with E-state index in [-0.39, 0.29) is 0 Å². The first-order valence-electron chi connectivity index (χ1n) is 3.28. The van der Waals surface area contributed by atoms with Crippen molar-refractivity contribution in [3.63, 3.8) is 0 Å². The van der Waals surface area contributed by atoms with Crippen LogP contribution in [0.25, 0.3) is 0 Å². The zero-order valence-corrected chi connectivity index (χ0v) is 6.30. The molecular weight excluding hydrogens is 152 g/mol. The summed E-state index contributed by atoms with van der Waals surface area (Å²) in [5.74, 6) is -2.02. The van der Waals surface area contributed by atoms with Gasteiger partial charge in [0.1, 0.15) is 6.10 Å². The minimum atomic E-state index is -2.02. The molecule has 0 aromatic rings. The molecule has 0 fully saturated rings. The van der Waals surface area contributed by atoms with E-state index in [1.54, 1.807) is 0 Å². The lowest BCUT2D eigenvalue weighted by molar-refractivity contribution is -0.177. The lowest BCUT2D eigenvalue weighted by atomic mass is 10.1. The number of hydrogen-bond donors (Lipinski definition) is 5. The van der Waals surface area contributed by atoms with Crippen LogP contribution in [0.3, 0.4) is 0 Å². The topological polar surface area (TPSA) is 101 Å². The highest BCUT2D eigenvalue weighted by atomic mass is 16.5. The minimum absolute atomic E-state index is 0.394. The van der Waals surface area contributed by atoms with Crippen molar-refractivity contribution in [1.82, 2.24) is 0 Å². The van der Waals surface area contributed by atoms with Crippen molar-refractivity contribution in [2.45, 2.75) is 31.3 Å². The monoisotopic (exact) mass is 166 g/mol. The van der Waals surface area contributed by atoms with Crippen molar-refractivity contribution in [2.75, 3.05) is 6.61 Å². The Bertz CT molecular complexity index is 108. The maximum Gasteiger partial charge on any atom is 0.162 e. The summed E-state index contributed by atoms with van der Waals surface area (Å²) < 4.78 is 0. The van der Waals surface area contributed by atoms with E-state index < -0.39 is 31.0 Å². The minimum Gasteiger partial charge on any atom is -0.394 e. The molecule has 5 nitrogen and oxygen atoms in total. The van der Waals surface area contributed by atoms with E-state index in [9.17, 15) is 0 Å². The smallest absolute Gasteiger partial charge is 0.162 e. The molecule has 0 saturated heterocycles.